The summed E-state index contributed by atoms with van der Waals surface area (Å²) in [6.07, 6.45) is 0.982. The summed E-state index contributed by atoms with van der Waals surface area (Å²) < 4.78 is 17.3. The molecule has 3 aromatic rings. The van der Waals surface area contributed by atoms with Crippen LogP contribution < -0.4 is 14.2 Å². The minimum atomic E-state index is -0.132. The Morgan fingerprint density at radius 2 is 1.53 bits per heavy atom. The maximum absolute atomic E-state index is 6.19. The van der Waals surface area contributed by atoms with Crippen LogP contribution in [-0.4, -0.2) is 25.7 Å². The Labute approximate surface area is 204 Å². The molecule has 0 unspecified atom stereocenters. The number of methoxy groups -OCH3 is 2. The average molecular weight is 460 g/mol. The van der Waals surface area contributed by atoms with Crippen LogP contribution in [0.5, 0.6) is 23.0 Å². The molecule has 0 saturated carbocycles. The molecule has 0 aromatic heterocycles. The van der Waals surface area contributed by atoms with E-state index in [4.69, 9.17) is 14.2 Å². The van der Waals surface area contributed by atoms with Gasteiger partial charge in [0, 0.05) is 18.6 Å². The van der Waals surface area contributed by atoms with Crippen molar-refractivity contribution in [3.05, 3.63) is 82.9 Å². The third-order valence-corrected chi connectivity index (χ3v) is 6.94. The number of rotatable bonds is 6. The molecule has 0 saturated heterocycles. The second-order valence-electron chi connectivity index (χ2n) is 10.6. The lowest BCUT2D eigenvalue weighted by Gasteiger charge is -2.44. The molecule has 4 rings (SSSR count). The second kappa shape index (κ2) is 9.34. The molecule has 0 fully saturated rings. The van der Waals surface area contributed by atoms with E-state index in [0.717, 1.165) is 42.5 Å². The summed E-state index contributed by atoms with van der Waals surface area (Å²) in [6, 6.07) is 21.1. The molecule has 0 atom stereocenters. The first-order valence-corrected chi connectivity index (χ1v) is 12.0. The highest BCUT2D eigenvalue weighted by Gasteiger charge is 2.35. The number of hydrogen-bond acceptors (Lipinski definition) is 4. The zero-order valence-corrected chi connectivity index (χ0v) is 21.6. The molecule has 3 aromatic carbocycles. The molecule has 0 N–H and O–H groups in total. The Bertz CT molecular complexity index is 1140. The van der Waals surface area contributed by atoms with E-state index in [1.165, 1.54) is 22.3 Å². The molecular weight excluding hydrogens is 422 g/mol. The summed E-state index contributed by atoms with van der Waals surface area (Å²) >= 11 is 0. The van der Waals surface area contributed by atoms with Crippen LogP contribution in [0.15, 0.2) is 60.7 Å². The SMILES string of the molecule is COc1cc2c(cc1OC)C(C)(C)N(Cc1cccc(Oc3ccc(C(C)(C)C)cc3)c1)CC2. The minimum Gasteiger partial charge on any atom is -0.493 e. The average Bonchev–Trinajstić information content (AvgIpc) is 2.80. The summed E-state index contributed by atoms with van der Waals surface area (Å²) in [6.45, 7) is 13.1. The van der Waals surface area contributed by atoms with Crippen LogP contribution >= 0.6 is 0 Å². The lowest BCUT2D eigenvalue weighted by atomic mass is 9.82. The molecule has 1 aliphatic rings. The van der Waals surface area contributed by atoms with Gasteiger partial charge in [0.05, 0.1) is 14.2 Å². The normalized spacial score (nSPS) is 15.5. The Balaban J connectivity index is 1.52. The van der Waals surface area contributed by atoms with Gasteiger partial charge in [0.2, 0.25) is 0 Å². The van der Waals surface area contributed by atoms with Gasteiger partial charge in [0.15, 0.2) is 11.5 Å². The van der Waals surface area contributed by atoms with Crippen LogP contribution in [0.3, 0.4) is 0 Å². The molecule has 0 radical (unpaired) electrons. The van der Waals surface area contributed by atoms with Gasteiger partial charge in [-0.05, 0) is 84.3 Å². The molecule has 1 aliphatic heterocycles. The van der Waals surface area contributed by atoms with E-state index in [1.54, 1.807) is 14.2 Å². The zero-order chi connectivity index (χ0) is 24.5. The quantitative estimate of drug-likeness (QED) is 0.394. The number of benzene rings is 3. The van der Waals surface area contributed by atoms with E-state index in [1.807, 2.05) is 6.07 Å². The molecule has 0 amide bonds. The first kappa shape index (κ1) is 24.2. The van der Waals surface area contributed by atoms with Crippen molar-refractivity contribution >= 4 is 0 Å². The van der Waals surface area contributed by atoms with E-state index in [9.17, 15) is 0 Å². The number of fused-ring (bicyclic) bond motifs is 1. The lowest BCUT2D eigenvalue weighted by molar-refractivity contribution is 0.0977. The predicted octanol–water partition coefficient (Wildman–Crippen LogP) is 7.09. The lowest BCUT2D eigenvalue weighted by Crippen LogP contribution is -2.46. The third kappa shape index (κ3) is 4.92. The maximum Gasteiger partial charge on any atom is 0.161 e. The van der Waals surface area contributed by atoms with Gasteiger partial charge in [-0.3, -0.25) is 4.90 Å². The third-order valence-electron chi connectivity index (χ3n) is 6.94. The zero-order valence-electron chi connectivity index (χ0n) is 21.6. The Hall–Kier alpha value is -2.98. The van der Waals surface area contributed by atoms with Gasteiger partial charge >= 0.3 is 0 Å². The number of nitrogens with zero attached hydrogens (tertiary/aromatic N) is 1. The summed E-state index contributed by atoms with van der Waals surface area (Å²) in [7, 11) is 3.39. The van der Waals surface area contributed by atoms with E-state index >= 15 is 0 Å². The van der Waals surface area contributed by atoms with E-state index < -0.39 is 0 Å². The van der Waals surface area contributed by atoms with Gasteiger partial charge < -0.3 is 14.2 Å². The minimum absolute atomic E-state index is 0.132. The highest BCUT2D eigenvalue weighted by Crippen LogP contribution is 2.41. The maximum atomic E-state index is 6.19. The fraction of sp³-hybridized carbons (Fsp3) is 0.400. The fourth-order valence-corrected chi connectivity index (χ4v) is 4.77. The van der Waals surface area contributed by atoms with Crippen molar-refractivity contribution < 1.29 is 14.2 Å². The standard InChI is InChI=1S/C30H37NO3/c1-29(2,3)23-11-13-24(14-12-23)34-25-10-8-9-21(17-25)20-31-16-15-22-18-27(32-6)28(33-7)19-26(22)30(31,4)5/h8-14,17-19H,15-16,20H2,1-7H3. The van der Waals surface area contributed by atoms with Crippen molar-refractivity contribution in [2.45, 2.75) is 58.5 Å². The highest BCUT2D eigenvalue weighted by atomic mass is 16.5. The summed E-state index contributed by atoms with van der Waals surface area (Å²) in [5, 5.41) is 0. The van der Waals surface area contributed by atoms with Gasteiger partial charge in [-0.15, -0.1) is 0 Å². The molecular formula is C30H37NO3. The van der Waals surface area contributed by atoms with Gasteiger partial charge in [-0.2, -0.15) is 0 Å². The molecule has 0 spiro atoms. The van der Waals surface area contributed by atoms with Gasteiger partial charge in [0.25, 0.3) is 0 Å². The molecule has 0 bridgehead atoms. The van der Waals surface area contributed by atoms with Crippen molar-refractivity contribution in [1.82, 2.24) is 4.90 Å². The smallest absolute Gasteiger partial charge is 0.161 e. The second-order valence-corrected chi connectivity index (χ2v) is 10.6. The van der Waals surface area contributed by atoms with Crippen LogP contribution in [0.25, 0.3) is 0 Å². The largest absolute Gasteiger partial charge is 0.493 e. The van der Waals surface area contributed by atoms with Gasteiger partial charge in [0.1, 0.15) is 11.5 Å². The number of hydrogen-bond donors (Lipinski definition) is 0. The Morgan fingerprint density at radius 1 is 0.853 bits per heavy atom. The van der Waals surface area contributed by atoms with E-state index in [0.29, 0.717) is 0 Å². The van der Waals surface area contributed by atoms with Crippen LogP contribution in [0, 0.1) is 0 Å². The van der Waals surface area contributed by atoms with Crippen molar-refractivity contribution in [2.75, 3.05) is 20.8 Å². The summed E-state index contributed by atoms with van der Waals surface area (Å²) in [5.74, 6) is 3.30. The van der Waals surface area contributed by atoms with Crippen molar-refractivity contribution in [3.8, 4) is 23.0 Å². The van der Waals surface area contributed by atoms with E-state index in [2.05, 4.69) is 94.1 Å². The first-order valence-electron chi connectivity index (χ1n) is 12.0. The summed E-state index contributed by atoms with van der Waals surface area (Å²) in [5.41, 5.74) is 5.16. The number of ether oxygens (including phenoxy) is 3. The fourth-order valence-electron chi connectivity index (χ4n) is 4.77. The molecule has 180 valence electrons. The van der Waals surface area contributed by atoms with Gasteiger partial charge in [-0.1, -0.05) is 45.0 Å². The topological polar surface area (TPSA) is 30.9 Å². The summed E-state index contributed by atoms with van der Waals surface area (Å²) in [4.78, 5) is 2.53. The van der Waals surface area contributed by atoms with Crippen molar-refractivity contribution in [3.63, 3.8) is 0 Å². The molecule has 4 heteroatoms. The van der Waals surface area contributed by atoms with Gasteiger partial charge in [-0.25, -0.2) is 0 Å². The monoisotopic (exact) mass is 459 g/mol. The molecule has 34 heavy (non-hydrogen) atoms. The van der Waals surface area contributed by atoms with Crippen LogP contribution in [0.2, 0.25) is 0 Å². The van der Waals surface area contributed by atoms with Crippen molar-refractivity contribution in [1.29, 1.82) is 0 Å². The molecule has 1 heterocycles. The Kier molecular flexibility index (Phi) is 6.64. The Morgan fingerprint density at radius 3 is 2.18 bits per heavy atom. The van der Waals surface area contributed by atoms with Crippen molar-refractivity contribution in [2.24, 2.45) is 0 Å². The van der Waals surface area contributed by atoms with Crippen LogP contribution in [0.4, 0.5) is 0 Å². The van der Waals surface area contributed by atoms with E-state index in [-0.39, 0.29) is 11.0 Å². The van der Waals surface area contributed by atoms with Crippen LogP contribution in [0.1, 0.15) is 56.9 Å². The first-order chi connectivity index (χ1) is 16.1. The van der Waals surface area contributed by atoms with Crippen LogP contribution in [-0.2, 0) is 23.9 Å². The molecule has 0 aliphatic carbocycles. The molecule has 4 nitrogen and oxygen atoms in total. The highest BCUT2D eigenvalue weighted by molar-refractivity contribution is 5.50. The predicted molar refractivity (Wildman–Crippen MR) is 138 cm³/mol.